The van der Waals surface area contributed by atoms with Crippen molar-refractivity contribution in [2.24, 2.45) is 0 Å². The summed E-state index contributed by atoms with van der Waals surface area (Å²) in [4.78, 5) is 15.3. The lowest BCUT2D eigenvalue weighted by atomic mass is 9.74. The number of nitrogens with zero attached hydrogens (tertiary/aromatic N) is 3. The molecule has 4 aromatic rings. The molecule has 32 heavy (non-hydrogen) atoms. The van der Waals surface area contributed by atoms with Crippen LogP contribution in [0.25, 0.3) is 6.08 Å². The van der Waals surface area contributed by atoms with Gasteiger partial charge in [0.2, 0.25) is 0 Å². The van der Waals surface area contributed by atoms with Gasteiger partial charge in [0.1, 0.15) is 0 Å². The third kappa shape index (κ3) is 3.70. The Labute approximate surface area is 192 Å². The molecule has 0 bridgehead atoms. The molecule has 5 rings (SSSR count). The molecule has 0 radical (unpaired) electrons. The van der Waals surface area contributed by atoms with Crippen molar-refractivity contribution in [1.29, 1.82) is 0 Å². The molecule has 0 N–H and O–H groups in total. The lowest BCUT2D eigenvalue weighted by Gasteiger charge is -2.47. The van der Waals surface area contributed by atoms with Gasteiger partial charge in [-0.1, -0.05) is 91.0 Å². The number of rotatable bonds is 5. The van der Waals surface area contributed by atoms with Crippen molar-refractivity contribution in [3.05, 3.63) is 125 Å². The smallest absolute Gasteiger partial charge is 0.161 e. The van der Waals surface area contributed by atoms with E-state index in [0.717, 1.165) is 23.0 Å². The molecule has 0 saturated carbocycles. The SMILES string of the molecule is O=C1CCN(C(c2ccccc2)(c2ccccc2)c2ccccc2)C/C1=C/c1cnsn1. The van der Waals surface area contributed by atoms with Crippen LogP contribution in [-0.4, -0.2) is 32.5 Å². The Bertz CT molecular complexity index is 1110. The molecule has 1 saturated heterocycles. The van der Waals surface area contributed by atoms with Gasteiger partial charge >= 0.3 is 0 Å². The first-order valence-corrected chi connectivity index (χ1v) is 11.4. The average Bonchev–Trinajstić information content (AvgIpc) is 3.37. The van der Waals surface area contributed by atoms with Crippen molar-refractivity contribution in [1.82, 2.24) is 13.6 Å². The van der Waals surface area contributed by atoms with Gasteiger partial charge in [0, 0.05) is 25.1 Å². The van der Waals surface area contributed by atoms with E-state index >= 15 is 0 Å². The predicted molar refractivity (Wildman–Crippen MR) is 128 cm³/mol. The zero-order chi connectivity index (χ0) is 21.8. The van der Waals surface area contributed by atoms with Crippen LogP contribution in [-0.2, 0) is 10.3 Å². The molecule has 0 spiro atoms. The second kappa shape index (κ2) is 8.99. The first-order chi connectivity index (χ1) is 15.8. The summed E-state index contributed by atoms with van der Waals surface area (Å²) in [5, 5.41) is 0. The maximum atomic E-state index is 12.9. The number of piperidine rings is 1. The molecule has 1 fully saturated rings. The molecule has 1 aliphatic rings. The van der Waals surface area contributed by atoms with Crippen LogP contribution in [0.4, 0.5) is 0 Å². The van der Waals surface area contributed by atoms with Crippen molar-refractivity contribution in [3.8, 4) is 0 Å². The van der Waals surface area contributed by atoms with Gasteiger partial charge in [-0.3, -0.25) is 9.69 Å². The van der Waals surface area contributed by atoms with Crippen molar-refractivity contribution in [2.45, 2.75) is 12.0 Å². The lowest BCUT2D eigenvalue weighted by molar-refractivity contribution is -0.117. The van der Waals surface area contributed by atoms with Gasteiger partial charge in [0.05, 0.1) is 29.2 Å². The molecule has 0 unspecified atom stereocenters. The summed E-state index contributed by atoms with van der Waals surface area (Å²) >= 11 is 1.16. The Morgan fingerprint density at radius 1 is 0.812 bits per heavy atom. The third-order valence-corrected chi connectivity index (χ3v) is 6.57. The molecule has 1 aliphatic heterocycles. The van der Waals surface area contributed by atoms with E-state index in [9.17, 15) is 4.79 Å². The summed E-state index contributed by atoms with van der Waals surface area (Å²) in [5.41, 5.74) is 4.54. The second-order valence-corrected chi connectivity index (χ2v) is 8.46. The molecule has 1 aromatic heterocycles. The Morgan fingerprint density at radius 3 is 1.81 bits per heavy atom. The average molecular weight is 438 g/mol. The summed E-state index contributed by atoms with van der Waals surface area (Å²) < 4.78 is 8.37. The number of carbonyl (C=O) groups excluding carboxylic acids is 1. The summed E-state index contributed by atoms with van der Waals surface area (Å²) in [7, 11) is 0. The van der Waals surface area contributed by atoms with Crippen LogP contribution in [0, 0.1) is 0 Å². The Hall–Kier alpha value is -3.41. The Morgan fingerprint density at radius 2 is 1.34 bits per heavy atom. The monoisotopic (exact) mass is 437 g/mol. The van der Waals surface area contributed by atoms with Crippen molar-refractivity contribution < 1.29 is 4.79 Å². The number of hydrogen-bond donors (Lipinski definition) is 0. The van der Waals surface area contributed by atoms with E-state index in [0.29, 0.717) is 19.5 Å². The highest BCUT2D eigenvalue weighted by Gasteiger charge is 2.44. The summed E-state index contributed by atoms with van der Waals surface area (Å²) in [6.07, 6.45) is 4.07. The highest BCUT2D eigenvalue weighted by molar-refractivity contribution is 6.99. The van der Waals surface area contributed by atoms with Gasteiger partial charge in [-0.2, -0.15) is 8.75 Å². The Kier molecular flexibility index (Phi) is 5.75. The number of hydrogen-bond acceptors (Lipinski definition) is 5. The lowest BCUT2D eigenvalue weighted by Crippen LogP contribution is -2.52. The number of likely N-dealkylation sites (tertiary alicyclic amines) is 1. The van der Waals surface area contributed by atoms with Gasteiger partial charge in [0.15, 0.2) is 5.78 Å². The fourth-order valence-electron chi connectivity index (χ4n) is 4.68. The zero-order valence-electron chi connectivity index (χ0n) is 17.6. The van der Waals surface area contributed by atoms with Crippen LogP contribution in [0.15, 0.2) is 103 Å². The summed E-state index contributed by atoms with van der Waals surface area (Å²) in [6.45, 7) is 1.21. The second-order valence-electron chi connectivity index (χ2n) is 7.91. The van der Waals surface area contributed by atoms with Gasteiger partial charge in [-0.25, -0.2) is 0 Å². The molecule has 0 atom stereocenters. The molecule has 2 heterocycles. The van der Waals surface area contributed by atoms with E-state index in [4.69, 9.17) is 0 Å². The quantitative estimate of drug-likeness (QED) is 0.318. The van der Waals surface area contributed by atoms with Crippen LogP contribution in [0.1, 0.15) is 28.8 Å². The van der Waals surface area contributed by atoms with Gasteiger partial charge in [-0.05, 0) is 22.8 Å². The maximum absolute atomic E-state index is 12.9. The topological polar surface area (TPSA) is 46.1 Å². The molecule has 3 aromatic carbocycles. The Balaban J connectivity index is 1.72. The van der Waals surface area contributed by atoms with Crippen LogP contribution in [0.3, 0.4) is 0 Å². The first kappa shape index (κ1) is 20.5. The van der Waals surface area contributed by atoms with E-state index < -0.39 is 5.54 Å². The molecule has 0 amide bonds. The van der Waals surface area contributed by atoms with Crippen molar-refractivity contribution in [2.75, 3.05) is 13.1 Å². The van der Waals surface area contributed by atoms with Crippen LogP contribution in [0.2, 0.25) is 0 Å². The number of Topliss-reactive ketones (excluding diaryl/α,β-unsaturated/α-hetero) is 1. The van der Waals surface area contributed by atoms with Gasteiger partial charge in [0.25, 0.3) is 0 Å². The van der Waals surface area contributed by atoms with Crippen molar-refractivity contribution in [3.63, 3.8) is 0 Å². The van der Waals surface area contributed by atoms with E-state index in [1.54, 1.807) is 6.20 Å². The van der Waals surface area contributed by atoms with E-state index in [-0.39, 0.29) is 5.78 Å². The fourth-order valence-corrected chi connectivity index (χ4v) is 5.08. The molecule has 0 aliphatic carbocycles. The molecule has 5 heteroatoms. The largest absolute Gasteiger partial charge is 0.294 e. The first-order valence-electron chi connectivity index (χ1n) is 10.7. The number of carbonyl (C=O) groups is 1. The van der Waals surface area contributed by atoms with Gasteiger partial charge < -0.3 is 0 Å². The van der Waals surface area contributed by atoms with Crippen LogP contribution < -0.4 is 0 Å². The molecule has 158 valence electrons. The number of ketones is 1. The predicted octanol–water partition coefficient (Wildman–Crippen LogP) is 5.19. The van der Waals surface area contributed by atoms with Crippen LogP contribution in [0.5, 0.6) is 0 Å². The molecular formula is C27H23N3OS. The highest BCUT2D eigenvalue weighted by atomic mass is 32.1. The molecule has 4 nitrogen and oxygen atoms in total. The van der Waals surface area contributed by atoms with E-state index in [1.165, 1.54) is 16.7 Å². The van der Waals surface area contributed by atoms with Gasteiger partial charge in [-0.15, -0.1) is 0 Å². The minimum Gasteiger partial charge on any atom is -0.294 e. The van der Waals surface area contributed by atoms with Crippen LogP contribution >= 0.6 is 11.7 Å². The maximum Gasteiger partial charge on any atom is 0.161 e. The third-order valence-electron chi connectivity index (χ3n) is 6.08. The molecular weight excluding hydrogens is 414 g/mol. The highest BCUT2D eigenvalue weighted by Crippen LogP contribution is 2.43. The minimum atomic E-state index is -0.524. The normalized spacial score (nSPS) is 16.4. The standard InChI is InChI=1S/C27H23N3OS/c31-26-16-17-30(20-21(26)18-25-19-28-32-29-25)27(22-10-4-1-5-11-22,23-12-6-2-7-13-23)24-14-8-3-9-15-24/h1-15,18-19H,16-17,20H2/b21-18-. The van der Waals surface area contributed by atoms with Crippen molar-refractivity contribution >= 4 is 23.6 Å². The zero-order valence-corrected chi connectivity index (χ0v) is 18.4. The minimum absolute atomic E-state index is 0.178. The fraction of sp³-hybridized carbons (Fsp3) is 0.148. The summed E-state index contributed by atoms with van der Waals surface area (Å²) in [6, 6.07) is 31.8. The summed E-state index contributed by atoms with van der Waals surface area (Å²) in [5.74, 6) is 0.178. The van der Waals surface area contributed by atoms with E-state index in [2.05, 4.69) is 86.4 Å². The number of benzene rings is 3. The number of aromatic nitrogens is 2. The van der Waals surface area contributed by atoms with E-state index in [1.807, 2.05) is 24.3 Å².